The second-order valence-corrected chi connectivity index (χ2v) is 3.62. The van der Waals surface area contributed by atoms with E-state index < -0.39 is 0 Å². The Morgan fingerprint density at radius 1 is 1.31 bits per heavy atom. The minimum absolute atomic E-state index is 0.196. The van der Waals surface area contributed by atoms with E-state index in [2.05, 4.69) is 15.7 Å². The second kappa shape index (κ2) is 4.91. The summed E-state index contributed by atoms with van der Waals surface area (Å²) in [5.41, 5.74) is 3.03. The number of nitrogens with one attached hydrogen (secondary N) is 3. The van der Waals surface area contributed by atoms with Gasteiger partial charge in [0, 0.05) is 38.4 Å². The molecule has 1 aromatic rings. The largest absolute Gasteiger partial charge is 0.328 e. The van der Waals surface area contributed by atoms with E-state index in [1.807, 2.05) is 5.01 Å². The molecule has 16 heavy (non-hydrogen) atoms. The minimum atomic E-state index is -0.210. The summed E-state index contributed by atoms with van der Waals surface area (Å²) in [5.74, 6) is -0.196. The first-order valence-corrected chi connectivity index (χ1v) is 5.21. The first-order chi connectivity index (χ1) is 7.75. The molecule has 86 valence electrons. The zero-order valence-electron chi connectivity index (χ0n) is 8.82. The van der Waals surface area contributed by atoms with E-state index >= 15 is 0 Å². The summed E-state index contributed by atoms with van der Waals surface area (Å²) in [4.78, 5) is 25.0. The first-order valence-electron chi connectivity index (χ1n) is 5.21. The third-order valence-electron chi connectivity index (χ3n) is 2.42. The first kappa shape index (κ1) is 10.8. The number of amides is 1. The average molecular weight is 222 g/mol. The molecule has 0 atom stereocenters. The number of rotatable bonds is 2. The third kappa shape index (κ3) is 2.68. The minimum Gasteiger partial charge on any atom is -0.328 e. The van der Waals surface area contributed by atoms with Gasteiger partial charge in [0.05, 0.1) is 5.56 Å². The molecule has 0 radical (unpaired) electrons. The zero-order chi connectivity index (χ0) is 11.4. The molecule has 0 aliphatic carbocycles. The lowest BCUT2D eigenvalue weighted by molar-refractivity contribution is 0.0764. The molecule has 1 saturated heterocycles. The molecule has 1 amide bonds. The number of hydrogen-bond acceptors (Lipinski definition) is 4. The Balaban J connectivity index is 1.96. The van der Waals surface area contributed by atoms with Crippen LogP contribution in [0.2, 0.25) is 0 Å². The van der Waals surface area contributed by atoms with E-state index in [0.717, 1.165) is 26.2 Å². The highest BCUT2D eigenvalue weighted by Gasteiger charge is 2.13. The van der Waals surface area contributed by atoms with Crippen LogP contribution in [0.1, 0.15) is 10.4 Å². The predicted molar refractivity (Wildman–Crippen MR) is 59.0 cm³/mol. The van der Waals surface area contributed by atoms with E-state index in [9.17, 15) is 9.59 Å². The lowest BCUT2D eigenvalue weighted by Gasteiger charge is -2.27. The summed E-state index contributed by atoms with van der Waals surface area (Å²) in [7, 11) is 0. The molecule has 0 unspecified atom stereocenters. The van der Waals surface area contributed by atoms with Crippen molar-refractivity contribution in [3.63, 3.8) is 0 Å². The molecule has 2 rings (SSSR count). The van der Waals surface area contributed by atoms with Crippen LogP contribution in [0.25, 0.3) is 0 Å². The molecule has 0 bridgehead atoms. The molecule has 1 fully saturated rings. The van der Waals surface area contributed by atoms with Crippen molar-refractivity contribution >= 4 is 5.91 Å². The Morgan fingerprint density at radius 3 is 2.69 bits per heavy atom. The molecule has 1 aromatic heterocycles. The van der Waals surface area contributed by atoms with Crippen LogP contribution >= 0.6 is 0 Å². The summed E-state index contributed by atoms with van der Waals surface area (Å²) < 4.78 is 0. The quantitative estimate of drug-likeness (QED) is 0.595. The summed E-state index contributed by atoms with van der Waals surface area (Å²) in [6, 6.07) is 2.85. The normalized spacial score (nSPS) is 17.0. The fourth-order valence-electron chi connectivity index (χ4n) is 1.54. The van der Waals surface area contributed by atoms with Crippen molar-refractivity contribution in [2.45, 2.75) is 0 Å². The summed E-state index contributed by atoms with van der Waals surface area (Å²) >= 11 is 0. The van der Waals surface area contributed by atoms with Crippen LogP contribution in [0.5, 0.6) is 0 Å². The van der Waals surface area contributed by atoms with Gasteiger partial charge in [-0.05, 0) is 6.07 Å². The van der Waals surface area contributed by atoms with Gasteiger partial charge in [-0.1, -0.05) is 0 Å². The number of nitrogens with zero attached hydrogens (tertiary/aromatic N) is 1. The number of pyridine rings is 1. The number of aromatic amines is 1. The van der Waals surface area contributed by atoms with Crippen LogP contribution < -0.4 is 16.3 Å². The van der Waals surface area contributed by atoms with Gasteiger partial charge in [-0.15, -0.1) is 0 Å². The molecule has 1 aliphatic rings. The number of carbonyl (C=O) groups excluding carboxylic acids is 1. The maximum absolute atomic E-state index is 11.7. The Bertz CT molecular complexity index is 403. The van der Waals surface area contributed by atoms with E-state index in [1.165, 1.54) is 18.3 Å². The number of hydrogen-bond donors (Lipinski definition) is 3. The van der Waals surface area contributed by atoms with Crippen LogP contribution in [-0.2, 0) is 0 Å². The van der Waals surface area contributed by atoms with Crippen molar-refractivity contribution in [2.75, 3.05) is 26.2 Å². The molecule has 2 heterocycles. The molecular weight excluding hydrogens is 208 g/mol. The van der Waals surface area contributed by atoms with Crippen LogP contribution in [0.3, 0.4) is 0 Å². The highest BCUT2D eigenvalue weighted by atomic mass is 16.2. The molecule has 3 N–H and O–H groups in total. The van der Waals surface area contributed by atoms with E-state index in [-0.39, 0.29) is 11.5 Å². The molecule has 0 aromatic carbocycles. The van der Waals surface area contributed by atoms with E-state index in [0.29, 0.717) is 5.56 Å². The fraction of sp³-hybridized carbons (Fsp3) is 0.400. The van der Waals surface area contributed by atoms with Gasteiger partial charge in [-0.2, -0.15) is 0 Å². The molecule has 1 aliphatic heterocycles. The van der Waals surface area contributed by atoms with Crippen LogP contribution in [-0.4, -0.2) is 42.1 Å². The second-order valence-electron chi connectivity index (χ2n) is 3.62. The Hall–Kier alpha value is -1.66. The van der Waals surface area contributed by atoms with Crippen molar-refractivity contribution in [3.8, 4) is 0 Å². The standard InChI is InChI=1S/C10H14N4O2/c15-9-2-1-8(7-12-9)10(16)13-14-5-3-11-4-6-14/h1-2,7,11H,3-6H2,(H,12,15)(H,13,16). The maximum atomic E-state index is 11.7. The molecule has 0 spiro atoms. The van der Waals surface area contributed by atoms with Gasteiger partial charge in [0.15, 0.2) is 0 Å². The zero-order valence-corrected chi connectivity index (χ0v) is 8.82. The molecular formula is C10H14N4O2. The predicted octanol–water partition coefficient (Wildman–Crippen LogP) is -1.08. The van der Waals surface area contributed by atoms with Crippen molar-refractivity contribution in [2.24, 2.45) is 0 Å². The van der Waals surface area contributed by atoms with Crippen LogP contribution in [0, 0.1) is 0 Å². The third-order valence-corrected chi connectivity index (χ3v) is 2.42. The van der Waals surface area contributed by atoms with Crippen molar-refractivity contribution in [3.05, 3.63) is 34.2 Å². The van der Waals surface area contributed by atoms with Crippen LogP contribution in [0.15, 0.2) is 23.1 Å². The summed E-state index contributed by atoms with van der Waals surface area (Å²) in [6.07, 6.45) is 1.42. The Labute approximate surface area is 92.6 Å². The number of hydrazine groups is 1. The molecule has 6 nitrogen and oxygen atoms in total. The van der Waals surface area contributed by atoms with Gasteiger partial charge in [0.25, 0.3) is 5.91 Å². The summed E-state index contributed by atoms with van der Waals surface area (Å²) in [6.45, 7) is 3.31. The monoisotopic (exact) mass is 222 g/mol. The number of H-pyrrole nitrogens is 1. The SMILES string of the molecule is O=C(NN1CCNCC1)c1ccc(=O)[nH]c1. The van der Waals surface area contributed by atoms with Gasteiger partial charge in [0.1, 0.15) is 0 Å². The summed E-state index contributed by atoms with van der Waals surface area (Å²) in [5, 5.41) is 5.06. The number of carbonyl (C=O) groups is 1. The Kier molecular flexibility index (Phi) is 3.33. The van der Waals surface area contributed by atoms with Crippen molar-refractivity contribution < 1.29 is 4.79 Å². The lowest BCUT2D eigenvalue weighted by Crippen LogP contribution is -2.52. The average Bonchev–Trinajstić information content (AvgIpc) is 2.31. The fourth-order valence-corrected chi connectivity index (χ4v) is 1.54. The highest BCUT2D eigenvalue weighted by Crippen LogP contribution is 1.95. The molecule has 0 saturated carbocycles. The van der Waals surface area contributed by atoms with Crippen molar-refractivity contribution in [1.82, 2.24) is 20.7 Å². The van der Waals surface area contributed by atoms with Crippen molar-refractivity contribution in [1.29, 1.82) is 0 Å². The van der Waals surface area contributed by atoms with Gasteiger partial charge in [-0.25, -0.2) is 5.01 Å². The van der Waals surface area contributed by atoms with E-state index in [1.54, 1.807) is 0 Å². The van der Waals surface area contributed by atoms with Crippen LogP contribution in [0.4, 0.5) is 0 Å². The highest BCUT2D eigenvalue weighted by molar-refractivity contribution is 5.93. The van der Waals surface area contributed by atoms with Gasteiger partial charge in [-0.3, -0.25) is 15.0 Å². The lowest BCUT2D eigenvalue weighted by atomic mass is 10.3. The number of piperazine rings is 1. The molecule has 6 heteroatoms. The smallest absolute Gasteiger partial charge is 0.267 e. The maximum Gasteiger partial charge on any atom is 0.267 e. The topological polar surface area (TPSA) is 77.2 Å². The Morgan fingerprint density at radius 2 is 2.06 bits per heavy atom. The number of aromatic nitrogens is 1. The van der Waals surface area contributed by atoms with Gasteiger partial charge in [0.2, 0.25) is 5.56 Å². The van der Waals surface area contributed by atoms with Gasteiger partial charge < -0.3 is 10.3 Å². The van der Waals surface area contributed by atoms with Gasteiger partial charge >= 0.3 is 0 Å². The van der Waals surface area contributed by atoms with E-state index in [4.69, 9.17) is 0 Å².